The fraction of sp³-hybridized carbons (Fsp3) is 0.100. The molecule has 94 valence electrons. The van der Waals surface area contributed by atoms with E-state index < -0.39 is 11.7 Å². The largest absolute Gasteiger partial charge is 0.466 e. The maximum Gasteiger partial charge on any atom is 0.336 e. The number of anilines is 1. The van der Waals surface area contributed by atoms with Crippen LogP contribution in [0.1, 0.15) is 10.4 Å². The van der Waals surface area contributed by atoms with E-state index in [2.05, 4.69) is 20.5 Å². The van der Waals surface area contributed by atoms with Gasteiger partial charge in [-0.2, -0.15) is 4.98 Å². The number of amides is 1. The number of nitrogens with one attached hydrogen (secondary N) is 2. The quantitative estimate of drug-likeness (QED) is 0.892. The lowest BCUT2D eigenvalue weighted by molar-refractivity contribution is 0.102. The number of aromatic nitrogens is 3. The van der Waals surface area contributed by atoms with E-state index >= 15 is 0 Å². The maximum absolute atomic E-state index is 13.6. The highest BCUT2D eigenvalue weighted by Gasteiger charge is 2.15. The average molecular weight is 271 g/mol. The number of halogens is 2. The van der Waals surface area contributed by atoms with E-state index in [1.54, 1.807) is 0 Å². The zero-order valence-electron chi connectivity index (χ0n) is 9.20. The zero-order valence-corrected chi connectivity index (χ0v) is 9.95. The van der Waals surface area contributed by atoms with Crippen LogP contribution in [0.5, 0.6) is 6.01 Å². The topological polar surface area (TPSA) is 79.9 Å². The lowest BCUT2D eigenvalue weighted by Crippen LogP contribution is -2.14. The van der Waals surface area contributed by atoms with E-state index in [1.165, 1.54) is 25.3 Å². The van der Waals surface area contributed by atoms with Gasteiger partial charge in [-0.25, -0.2) is 9.49 Å². The van der Waals surface area contributed by atoms with Crippen molar-refractivity contribution in [2.45, 2.75) is 0 Å². The molecule has 0 unspecified atom stereocenters. The van der Waals surface area contributed by atoms with Gasteiger partial charge in [0.2, 0.25) is 5.95 Å². The SMILES string of the molecule is COc1n[nH]c(NC(=O)c2cccc(Cl)c2F)n1. The second-order valence-electron chi connectivity index (χ2n) is 3.23. The summed E-state index contributed by atoms with van der Waals surface area (Å²) in [5.41, 5.74) is -0.183. The molecule has 1 aromatic heterocycles. The number of carbonyl (C=O) groups excluding carboxylic acids is 1. The molecule has 0 radical (unpaired) electrons. The van der Waals surface area contributed by atoms with Crippen molar-refractivity contribution < 1.29 is 13.9 Å². The number of hydrogen-bond donors (Lipinski definition) is 2. The molecule has 0 aliphatic rings. The smallest absolute Gasteiger partial charge is 0.336 e. The molecule has 2 rings (SSSR count). The molecule has 0 aliphatic carbocycles. The molecule has 1 heterocycles. The van der Waals surface area contributed by atoms with Gasteiger partial charge in [0.05, 0.1) is 17.7 Å². The first-order valence-electron chi connectivity index (χ1n) is 4.83. The van der Waals surface area contributed by atoms with Crippen LogP contribution in [-0.2, 0) is 0 Å². The number of aromatic amines is 1. The fourth-order valence-corrected chi connectivity index (χ4v) is 1.42. The van der Waals surface area contributed by atoms with Crippen LogP contribution in [0.3, 0.4) is 0 Å². The van der Waals surface area contributed by atoms with Crippen LogP contribution in [0.4, 0.5) is 10.3 Å². The van der Waals surface area contributed by atoms with Gasteiger partial charge in [0, 0.05) is 0 Å². The number of H-pyrrole nitrogens is 1. The molecule has 0 atom stereocenters. The van der Waals surface area contributed by atoms with Crippen LogP contribution < -0.4 is 10.1 Å². The minimum atomic E-state index is -0.789. The van der Waals surface area contributed by atoms with E-state index in [-0.39, 0.29) is 22.5 Å². The fourth-order valence-electron chi connectivity index (χ4n) is 1.25. The third-order valence-corrected chi connectivity index (χ3v) is 2.37. The first kappa shape index (κ1) is 12.3. The monoisotopic (exact) mass is 270 g/mol. The Balaban J connectivity index is 2.19. The van der Waals surface area contributed by atoms with Crippen LogP contribution in [0.15, 0.2) is 18.2 Å². The Kier molecular flexibility index (Phi) is 3.42. The summed E-state index contributed by atoms with van der Waals surface area (Å²) in [6.45, 7) is 0. The molecule has 1 aromatic carbocycles. The van der Waals surface area contributed by atoms with E-state index in [4.69, 9.17) is 16.3 Å². The van der Waals surface area contributed by atoms with Crippen LogP contribution >= 0.6 is 11.6 Å². The summed E-state index contributed by atoms with van der Waals surface area (Å²) in [5.74, 6) is -1.42. The van der Waals surface area contributed by atoms with Gasteiger partial charge in [0.15, 0.2) is 5.82 Å². The summed E-state index contributed by atoms with van der Waals surface area (Å²) in [5, 5.41) is 8.25. The van der Waals surface area contributed by atoms with Gasteiger partial charge >= 0.3 is 6.01 Å². The number of ether oxygens (including phenoxy) is 1. The minimum absolute atomic E-state index is 0.0521. The van der Waals surface area contributed by atoms with Crippen molar-refractivity contribution in [2.75, 3.05) is 12.4 Å². The maximum atomic E-state index is 13.6. The summed E-state index contributed by atoms with van der Waals surface area (Å²) < 4.78 is 18.3. The molecule has 2 aromatic rings. The first-order valence-corrected chi connectivity index (χ1v) is 5.21. The lowest BCUT2D eigenvalue weighted by Gasteiger charge is -2.03. The standard InChI is InChI=1S/C10H8ClFN4O2/c1-18-10-14-9(15-16-10)13-8(17)5-3-2-4-6(11)7(5)12/h2-4H,1H3,(H2,13,14,15,16,17). The van der Waals surface area contributed by atoms with Crippen molar-refractivity contribution in [3.63, 3.8) is 0 Å². The number of hydrogen-bond acceptors (Lipinski definition) is 4. The molecule has 8 heteroatoms. The van der Waals surface area contributed by atoms with Crippen LogP contribution in [0.2, 0.25) is 5.02 Å². The van der Waals surface area contributed by atoms with Crippen molar-refractivity contribution in [3.05, 3.63) is 34.6 Å². The van der Waals surface area contributed by atoms with Crippen molar-refractivity contribution in [3.8, 4) is 6.01 Å². The number of carbonyl (C=O) groups is 1. The third kappa shape index (κ3) is 2.40. The van der Waals surface area contributed by atoms with E-state index in [9.17, 15) is 9.18 Å². The molecule has 0 saturated heterocycles. The van der Waals surface area contributed by atoms with Gasteiger partial charge in [0.1, 0.15) is 0 Å². The van der Waals surface area contributed by atoms with Gasteiger partial charge < -0.3 is 4.74 Å². The van der Waals surface area contributed by atoms with Crippen LogP contribution in [-0.4, -0.2) is 28.2 Å². The molecule has 0 bridgehead atoms. The van der Waals surface area contributed by atoms with Crippen molar-refractivity contribution in [1.82, 2.24) is 15.2 Å². The number of methoxy groups -OCH3 is 1. The second kappa shape index (κ2) is 5.01. The number of benzene rings is 1. The van der Waals surface area contributed by atoms with Crippen molar-refractivity contribution in [1.29, 1.82) is 0 Å². The summed E-state index contributed by atoms with van der Waals surface area (Å²) in [6.07, 6.45) is 0. The van der Waals surface area contributed by atoms with Gasteiger partial charge in [-0.3, -0.25) is 10.1 Å². The lowest BCUT2D eigenvalue weighted by atomic mass is 10.2. The van der Waals surface area contributed by atoms with Crippen LogP contribution in [0.25, 0.3) is 0 Å². The molecular weight excluding hydrogens is 263 g/mol. The Morgan fingerprint density at radius 2 is 2.33 bits per heavy atom. The minimum Gasteiger partial charge on any atom is -0.466 e. The van der Waals surface area contributed by atoms with Gasteiger partial charge in [-0.1, -0.05) is 17.7 Å². The molecule has 6 nitrogen and oxygen atoms in total. The first-order chi connectivity index (χ1) is 8.61. The van der Waals surface area contributed by atoms with E-state index in [0.717, 1.165) is 0 Å². The average Bonchev–Trinajstić information content (AvgIpc) is 2.80. The van der Waals surface area contributed by atoms with Crippen molar-refractivity contribution >= 4 is 23.5 Å². The molecule has 0 aliphatic heterocycles. The molecule has 2 N–H and O–H groups in total. The highest BCUT2D eigenvalue weighted by atomic mass is 35.5. The summed E-state index contributed by atoms with van der Waals surface area (Å²) in [7, 11) is 1.38. The third-order valence-electron chi connectivity index (χ3n) is 2.08. The Morgan fingerprint density at radius 1 is 1.56 bits per heavy atom. The molecule has 0 saturated carbocycles. The van der Waals surface area contributed by atoms with Gasteiger partial charge in [-0.15, -0.1) is 5.10 Å². The molecule has 18 heavy (non-hydrogen) atoms. The molecule has 0 fully saturated rings. The molecule has 1 amide bonds. The summed E-state index contributed by atoms with van der Waals surface area (Å²) in [6, 6.07) is 4.20. The highest BCUT2D eigenvalue weighted by molar-refractivity contribution is 6.31. The summed E-state index contributed by atoms with van der Waals surface area (Å²) >= 11 is 5.58. The van der Waals surface area contributed by atoms with E-state index in [0.29, 0.717) is 0 Å². The zero-order chi connectivity index (χ0) is 13.1. The van der Waals surface area contributed by atoms with Gasteiger partial charge in [0.25, 0.3) is 5.91 Å². The summed E-state index contributed by atoms with van der Waals surface area (Å²) in [4.78, 5) is 15.5. The highest BCUT2D eigenvalue weighted by Crippen LogP contribution is 2.18. The molecule has 0 spiro atoms. The predicted octanol–water partition coefficient (Wildman–Crippen LogP) is 1.86. The second-order valence-corrected chi connectivity index (χ2v) is 3.63. The van der Waals surface area contributed by atoms with Crippen LogP contribution in [0, 0.1) is 5.82 Å². The Labute approximate surface area is 106 Å². The number of nitrogens with zero attached hydrogens (tertiary/aromatic N) is 2. The van der Waals surface area contributed by atoms with E-state index in [1.807, 2.05) is 0 Å². The predicted molar refractivity (Wildman–Crippen MR) is 62.3 cm³/mol. The van der Waals surface area contributed by atoms with Gasteiger partial charge in [-0.05, 0) is 12.1 Å². The number of rotatable bonds is 3. The van der Waals surface area contributed by atoms with Crippen molar-refractivity contribution in [2.24, 2.45) is 0 Å². The Hall–Kier alpha value is -2.15. The Bertz CT molecular complexity index is 587. The molecular formula is C10H8ClFN4O2. The normalized spacial score (nSPS) is 10.2. The Morgan fingerprint density at radius 3 is 3.00 bits per heavy atom.